The van der Waals surface area contributed by atoms with Gasteiger partial charge < -0.3 is 0 Å². The first-order valence-corrected chi connectivity index (χ1v) is 20.8. The highest BCUT2D eigenvalue weighted by Crippen LogP contribution is 2.43. The highest BCUT2D eigenvalue weighted by molar-refractivity contribution is 6.21. The second-order valence-electron chi connectivity index (χ2n) is 16.0. The van der Waals surface area contributed by atoms with Crippen molar-refractivity contribution in [3.8, 4) is 55.6 Å². The standard InChI is InChI=1S/C60H38/c1-4-16-49-41(11-1)14-9-21-51(49)43-27-23-39(24-28-43)45-31-33-54-48(35-45)38-60(59-37-47-13-3-6-18-53(47)55-19-7-8-20-56(55)59)58-36-46(32-34-57(54)58)40-25-29-44(30-26-40)52-22-10-15-42-12-2-5-17-50(42)52/h1-38H. The Bertz CT molecular complexity index is 3620. The molecule has 0 saturated carbocycles. The summed E-state index contributed by atoms with van der Waals surface area (Å²) in [6.45, 7) is 0. The maximum atomic E-state index is 2.44. The fourth-order valence-corrected chi connectivity index (χ4v) is 9.66. The molecule has 0 unspecified atom stereocenters. The smallest absolute Gasteiger partial charge is 0.00923 e. The van der Waals surface area contributed by atoms with Crippen LogP contribution >= 0.6 is 0 Å². The lowest BCUT2D eigenvalue weighted by Crippen LogP contribution is -1.90. The second-order valence-corrected chi connectivity index (χ2v) is 16.0. The molecule has 0 spiro atoms. The minimum Gasteiger partial charge on any atom is -0.0616 e. The average molecular weight is 759 g/mol. The summed E-state index contributed by atoms with van der Waals surface area (Å²) in [7, 11) is 0. The molecule has 0 aromatic heterocycles. The Hall–Kier alpha value is -7.80. The largest absolute Gasteiger partial charge is 0.0616 e. The molecular weight excluding hydrogens is 721 g/mol. The minimum absolute atomic E-state index is 1.21. The van der Waals surface area contributed by atoms with Crippen LogP contribution in [0.3, 0.4) is 0 Å². The third-order valence-corrected chi connectivity index (χ3v) is 12.6. The van der Waals surface area contributed by atoms with Gasteiger partial charge in [-0.15, -0.1) is 0 Å². The molecule has 0 aliphatic rings. The summed E-state index contributed by atoms with van der Waals surface area (Å²) in [6.07, 6.45) is 0. The molecule has 0 fully saturated rings. The van der Waals surface area contributed by atoms with Crippen molar-refractivity contribution >= 4 is 64.6 Å². The molecule has 60 heavy (non-hydrogen) atoms. The summed E-state index contributed by atoms with van der Waals surface area (Å²) < 4.78 is 0. The molecule has 0 nitrogen and oxygen atoms in total. The van der Waals surface area contributed by atoms with Gasteiger partial charge in [-0.1, -0.05) is 206 Å². The van der Waals surface area contributed by atoms with Crippen LogP contribution in [-0.2, 0) is 0 Å². The Morgan fingerprint density at radius 2 is 0.533 bits per heavy atom. The Kier molecular flexibility index (Phi) is 7.96. The number of fused-ring (bicyclic) bond motifs is 8. The number of benzene rings is 12. The molecular formula is C60H38. The van der Waals surface area contributed by atoms with Crippen LogP contribution < -0.4 is 0 Å². The first-order valence-electron chi connectivity index (χ1n) is 20.8. The predicted octanol–water partition coefficient (Wildman–Crippen LogP) is 16.9. The highest BCUT2D eigenvalue weighted by atomic mass is 14.2. The number of rotatable bonds is 5. The summed E-state index contributed by atoms with van der Waals surface area (Å²) in [5.41, 5.74) is 12.3. The predicted molar refractivity (Wildman–Crippen MR) is 259 cm³/mol. The van der Waals surface area contributed by atoms with Crippen molar-refractivity contribution in [2.45, 2.75) is 0 Å². The van der Waals surface area contributed by atoms with Gasteiger partial charge in [-0.2, -0.15) is 0 Å². The molecule has 0 N–H and O–H groups in total. The fourth-order valence-electron chi connectivity index (χ4n) is 9.66. The van der Waals surface area contributed by atoms with E-state index >= 15 is 0 Å². The van der Waals surface area contributed by atoms with E-state index in [1.54, 1.807) is 0 Å². The maximum Gasteiger partial charge on any atom is -0.00923 e. The van der Waals surface area contributed by atoms with Gasteiger partial charge in [0, 0.05) is 0 Å². The van der Waals surface area contributed by atoms with Crippen molar-refractivity contribution in [2.75, 3.05) is 0 Å². The van der Waals surface area contributed by atoms with E-state index < -0.39 is 0 Å². The van der Waals surface area contributed by atoms with Gasteiger partial charge in [-0.3, -0.25) is 0 Å². The summed E-state index contributed by atoms with van der Waals surface area (Å²) in [4.78, 5) is 0. The third-order valence-electron chi connectivity index (χ3n) is 12.6. The van der Waals surface area contributed by atoms with Gasteiger partial charge >= 0.3 is 0 Å². The van der Waals surface area contributed by atoms with Gasteiger partial charge in [0.1, 0.15) is 0 Å². The first-order chi connectivity index (χ1) is 29.7. The van der Waals surface area contributed by atoms with Crippen LogP contribution in [0.1, 0.15) is 0 Å². The van der Waals surface area contributed by atoms with Crippen molar-refractivity contribution in [3.63, 3.8) is 0 Å². The maximum absolute atomic E-state index is 2.44. The van der Waals surface area contributed by atoms with Crippen molar-refractivity contribution in [3.05, 3.63) is 231 Å². The lowest BCUT2D eigenvalue weighted by Gasteiger charge is -2.17. The molecule has 12 aromatic carbocycles. The topological polar surface area (TPSA) is 0 Å². The Morgan fingerprint density at radius 1 is 0.150 bits per heavy atom. The summed E-state index contributed by atoms with van der Waals surface area (Å²) >= 11 is 0. The van der Waals surface area contributed by atoms with Crippen LogP contribution in [0.25, 0.3) is 120 Å². The zero-order valence-electron chi connectivity index (χ0n) is 32.9. The molecule has 12 rings (SSSR count). The van der Waals surface area contributed by atoms with Gasteiger partial charge in [0.15, 0.2) is 0 Å². The first kappa shape index (κ1) is 34.3. The Labute approximate surface area is 349 Å². The SMILES string of the molecule is c1ccc2c(-c3ccc(-c4ccc5c(c4)cc(-c4cc6ccccc6c6ccccc46)c4cc(-c6ccc(-c7cccc8ccccc78)cc6)ccc45)cc3)cccc2c1. The van der Waals surface area contributed by atoms with Crippen LogP contribution in [0.15, 0.2) is 231 Å². The zero-order chi connectivity index (χ0) is 39.6. The van der Waals surface area contributed by atoms with E-state index in [1.165, 1.54) is 120 Å². The second kappa shape index (κ2) is 13.9. The average Bonchev–Trinajstić information content (AvgIpc) is 3.33. The van der Waals surface area contributed by atoms with E-state index in [1.807, 2.05) is 0 Å². The molecule has 0 radical (unpaired) electrons. The normalized spacial score (nSPS) is 11.7. The van der Waals surface area contributed by atoms with Gasteiger partial charge in [-0.05, 0) is 145 Å². The van der Waals surface area contributed by atoms with Crippen LogP contribution in [0, 0.1) is 0 Å². The Balaban J connectivity index is 1.02. The summed E-state index contributed by atoms with van der Waals surface area (Å²) in [5.74, 6) is 0. The molecule has 0 atom stereocenters. The monoisotopic (exact) mass is 758 g/mol. The molecule has 0 bridgehead atoms. The Morgan fingerprint density at radius 3 is 1.15 bits per heavy atom. The number of hydrogen-bond donors (Lipinski definition) is 0. The van der Waals surface area contributed by atoms with E-state index in [-0.39, 0.29) is 0 Å². The van der Waals surface area contributed by atoms with Crippen molar-refractivity contribution in [1.29, 1.82) is 0 Å². The van der Waals surface area contributed by atoms with E-state index in [9.17, 15) is 0 Å². The highest BCUT2D eigenvalue weighted by Gasteiger charge is 2.16. The lowest BCUT2D eigenvalue weighted by atomic mass is 9.86. The van der Waals surface area contributed by atoms with Crippen LogP contribution in [0.4, 0.5) is 0 Å². The molecule has 0 heterocycles. The van der Waals surface area contributed by atoms with Gasteiger partial charge in [-0.25, -0.2) is 0 Å². The van der Waals surface area contributed by atoms with E-state index in [4.69, 9.17) is 0 Å². The van der Waals surface area contributed by atoms with Gasteiger partial charge in [0.25, 0.3) is 0 Å². The molecule has 0 amide bonds. The zero-order valence-corrected chi connectivity index (χ0v) is 32.9. The van der Waals surface area contributed by atoms with Crippen LogP contribution in [-0.4, -0.2) is 0 Å². The van der Waals surface area contributed by atoms with E-state index in [2.05, 4.69) is 231 Å². The van der Waals surface area contributed by atoms with Crippen molar-refractivity contribution in [1.82, 2.24) is 0 Å². The van der Waals surface area contributed by atoms with E-state index in [0.29, 0.717) is 0 Å². The molecule has 12 aromatic rings. The molecule has 278 valence electrons. The quantitative estimate of drug-likeness (QED) is 0.153. The van der Waals surface area contributed by atoms with Crippen molar-refractivity contribution in [2.24, 2.45) is 0 Å². The minimum atomic E-state index is 1.21. The van der Waals surface area contributed by atoms with Crippen LogP contribution in [0.5, 0.6) is 0 Å². The molecule has 0 aliphatic carbocycles. The van der Waals surface area contributed by atoms with Gasteiger partial charge in [0.05, 0.1) is 0 Å². The fraction of sp³-hybridized carbons (Fsp3) is 0. The molecule has 0 saturated heterocycles. The lowest BCUT2D eigenvalue weighted by molar-refractivity contribution is 1.61. The molecule has 0 heteroatoms. The third kappa shape index (κ3) is 5.69. The summed E-state index contributed by atoms with van der Waals surface area (Å²) in [5, 5.41) is 15.2. The molecule has 0 aliphatic heterocycles. The van der Waals surface area contributed by atoms with Gasteiger partial charge in [0.2, 0.25) is 0 Å². The summed E-state index contributed by atoms with van der Waals surface area (Å²) in [6, 6.07) is 85.2. The number of hydrogen-bond acceptors (Lipinski definition) is 0. The van der Waals surface area contributed by atoms with E-state index in [0.717, 1.165) is 0 Å². The van der Waals surface area contributed by atoms with Crippen LogP contribution in [0.2, 0.25) is 0 Å². The van der Waals surface area contributed by atoms with Crippen molar-refractivity contribution < 1.29 is 0 Å².